The van der Waals surface area contributed by atoms with Crippen molar-refractivity contribution in [2.24, 2.45) is 0 Å². The Balaban J connectivity index is 2.19. The Labute approximate surface area is 83.7 Å². The Morgan fingerprint density at radius 3 is 2.43 bits per heavy atom. The van der Waals surface area contributed by atoms with Crippen LogP contribution in [0.5, 0.6) is 0 Å². The van der Waals surface area contributed by atoms with Gasteiger partial charge in [0.05, 0.1) is 0 Å². The number of hydrogen-bond acceptors (Lipinski definition) is 2. The summed E-state index contributed by atoms with van der Waals surface area (Å²) in [5.41, 5.74) is 3.64. The van der Waals surface area contributed by atoms with E-state index in [-0.39, 0.29) is 0 Å². The van der Waals surface area contributed by atoms with Gasteiger partial charge in [-0.3, -0.25) is 9.97 Å². The first-order valence-corrected chi connectivity index (χ1v) is 4.65. The number of nitrogens with zero attached hydrogens (tertiary/aromatic N) is 2. The van der Waals surface area contributed by atoms with Crippen LogP contribution in [-0.4, -0.2) is 9.97 Å². The van der Waals surface area contributed by atoms with Crippen molar-refractivity contribution in [3.05, 3.63) is 59.7 Å². The summed E-state index contributed by atoms with van der Waals surface area (Å²) < 4.78 is 0. The maximum absolute atomic E-state index is 4.17. The highest BCUT2D eigenvalue weighted by atomic mass is 14.6. The van der Waals surface area contributed by atoms with Gasteiger partial charge in [-0.15, -0.1) is 0 Å². The molecule has 0 saturated carbocycles. The standard InChI is InChI=1S/C12H12N2/c1-10-8-12(4-7-14-10)9-11-2-5-13-6-3-11/h2-8H,9H2,1H3. The molecular weight excluding hydrogens is 172 g/mol. The summed E-state index contributed by atoms with van der Waals surface area (Å²) in [5, 5.41) is 0. The van der Waals surface area contributed by atoms with Gasteiger partial charge in [0.2, 0.25) is 0 Å². The predicted molar refractivity (Wildman–Crippen MR) is 56.0 cm³/mol. The van der Waals surface area contributed by atoms with E-state index in [4.69, 9.17) is 0 Å². The third kappa shape index (κ3) is 2.16. The van der Waals surface area contributed by atoms with E-state index < -0.39 is 0 Å². The Bertz CT molecular complexity index is 410. The van der Waals surface area contributed by atoms with E-state index in [1.807, 2.05) is 43.7 Å². The summed E-state index contributed by atoms with van der Waals surface area (Å²) in [6.07, 6.45) is 6.45. The molecule has 0 unspecified atom stereocenters. The Morgan fingerprint density at radius 1 is 1.00 bits per heavy atom. The molecule has 0 bridgehead atoms. The molecule has 2 nitrogen and oxygen atoms in total. The molecule has 70 valence electrons. The smallest absolute Gasteiger partial charge is 0.0375 e. The normalized spacial score (nSPS) is 10.1. The van der Waals surface area contributed by atoms with Crippen LogP contribution >= 0.6 is 0 Å². The minimum absolute atomic E-state index is 0.950. The van der Waals surface area contributed by atoms with E-state index in [0.717, 1.165) is 12.1 Å². The molecule has 2 aromatic rings. The summed E-state index contributed by atoms with van der Waals surface area (Å²) >= 11 is 0. The zero-order valence-electron chi connectivity index (χ0n) is 8.14. The van der Waals surface area contributed by atoms with E-state index in [1.54, 1.807) is 0 Å². The van der Waals surface area contributed by atoms with Crippen molar-refractivity contribution in [3.8, 4) is 0 Å². The van der Waals surface area contributed by atoms with Crippen molar-refractivity contribution in [1.29, 1.82) is 0 Å². The maximum Gasteiger partial charge on any atom is 0.0375 e. The second-order valence-corrected chi connectivity index (χ2v) is 3.34. The molecule has 0 saturated heterocycles. The topological polar surface area (TPSA) is 25.8 Å². The van der Waals surface area contributed by atoms with Gasteiger partial charge in [0.15, 0.2) is 0 Å². The lowest BCUT2D eigenvalue weighted by molar-refractivity contribution is 1.11. The second kappa shape index (κ2) is 4.01. The Morgan fingerprint density at radius 2 is 1.71 bits per heavy atom. The third-order valence-electron chi connectivity index (χ3n) is 2.12. The van der Waals surface area contributed by atoms with E-state index in [0.29, 0.717) is 0 Å². The van der Waals surface area contributed by atoms with E-state index in [9.17, 15) is 0 Å². The lowest BCUT2D eigenvalue weighted by Gasteiger charge is -2.01. The average Bonchev–Trinajstić information content (AvgIpc) is 2.19. The fourth-order valence-electron chi connectivity index (χ4n) is 1.45. The van der Waals surface area contributed by atoms with Crippen LogP contribution < -0.4 is 0 Å². The second-order valence-electron chi connectivity index (χ2n) is 3.34. The quantitative estimate of drug-likeness (QED) is 0.716. The molecule has 2 heterocycles. The van der Waals surface area contributed by atoms with Crippen molar-refractivity contribution in [1.82, 2.24) is 9.97 Å². The van der Waals surface area contributed by atoms with Gasteiger partial charge in [-0.25, -0.2) is 0 Å². The van der Waals surface area contributed by atoms with Crippen molar-refractivity contribution in [2.75, 3.05) is 0 Å². The first kappa shape index (κ1) is 8.88. The average molecular weight is 184 g/mol. The molecular formula is C12H12N2. The van der Waals surface area contributed by atoms with Gasteiger partial charge in [-0.05, 0) is 48.7 Å². The van der Waals surface area contributed by atoms with Crippen molar-refractivity contribution in [2.45, 2.75) is 13.3 Å². The fourth-order valence-corrected chi connectivity index (χ4v) is 1.45. The minimum Gasteiger partial charge on any atom is -0.265 e. The van der Waals surface area contributed by atoms with Gasteiger partial charge in [-0.1, -0.05) is 0 Å². The van der Waals surface area contributed by atoms with Gasteiger partial charge < -0.3 is 0 Å². The number of hydrogen-bond donors (Lipinski definition) is 0. The first-order chi connectivity index (χ1) is 6.84. The zero-order valence-corrected chi connectivity index (χ0v) is 8.14. The summed E-state index contributed by atoms with van der Waals surface area (Å²) in [6, 6.07) is 8.24. The monoisotopic (exact) mass is 184 g/mol. The van der Waals surface area contributed by atoms with Gasteiger partial charge in [0.1, 0.15) is 0 Å². The van der Waals surface area contributed by atoms with Crippen LogP contribution in [0.15, 0.2) is 42.9 Å². The highest BCUT2D eigenvalue weighted by molar-refractivity contribution is 5.24. The predicted octanol–water partition coefficient (Wildman–Crippen LogP) is 2.38. The highest BCUT2D eigenvalue weighted by Crippen LogP contribution is 2.08. The molecule has 0 aliphatic heterocycles. The Kier molecular flexibility index (Phi) is 2.54. The number of pyridine rings is 2. The van der Waals surface area contributed by atoms with Gasteiger partial charge in [0, 0.05) is 24.3 Å². The molecule has 0 aromatic carbocycles. The number of rotatable bonds is 2. The molecule has 0 radical (unpaired) electrons. The van der Waals surface area contributed by atoms with Crippen molar-refractivity contribution < 1.29 is 0 Å². The summed E-state index contributed by atoms with van der Waals surface area (Å²) in [7, 11) is 0. The molecule has 0 amide bonds. The molecule has 0 N–H and O–H groups in total. The summed E-state index contributed by atoms with van der Waals surface area (Å²) in [4.78, 5) is 8.16. The van der Waals surface area contributed by atoms with Crippen LogP contribution in [0, 0.1) is 6.92 Å². The van der Waals surface area contributed by atoms with Crippen LogP contribution in [-0.2, 0) is 6.42 Å². The maximum atomic E-state index is 4.17. The number of aromatic nitrogens is 2. The van der Waals surface area contributed by atoms with Crippen molar-refractivity contribution >= 4 is 0 Å². The summed E-state index contributed by atoms with van der Waals surface area (Å²) in [5.74, 6) is 0. The van der Waals surface area contributed by atoms with Crippen molar-refractivity contribution in [3.63, 3.8) is 0 Å². The van der Waals surface area contributed by atoms with Gasteiger partial charge in [-0.2, -0.15) is 0 Å². The first-order valence-electron chi connectivity index (χ1n) is 4.65. The molecule has 2 heteroatoms. The molecule has 0 atom stereocenters. The fraction of sp³-hybridized carbons (Fsp3) is 0.167. The Hall–Kier alpha value is -1.70. The molecule has 2 aromatic heterocycles. The molecule has 0 fully saturated rings. The zero-order chi connectivity index (χ0) is 9.80. The van der Waals surface area contributed by atoms with Crippen LogP contribution in [0.2, 0.25) is 0 Å². The number of aryl methyl sites for hydroxylation is 1. The highest BCUT2D eigenvalue weighted by Gasteiger charge is 1.95. The SMILES string of the molecule is Cc1cc(Cc2ccncc2)ccn1. The lowest BCUT2D eigenvalue weighted by Crippen LogP contribution is -1.90. The van der Waals surface area contributed by atoms with Crippen LogP contribution in [0.25, 0.3) is 0 Å². The van der Waals surface area contributed by atoms with Gasteiger partial charge >= 0.3 is 0 Å². The van der Waals surface area contributed by atoms with Gasteiger partial charge in [0.25, 0.3) is 0 Å². The lowest BCUT2D eigenvalue weighted by atomic mass is 10.1. The van der Waals surface area contributed by atoms with Crippen LogP contribution in [0.1, 0.15) is 16.8 Å². The minimum atomic E-state index is 0.950. The third-order valence-corrected chi connectivity index (χ3v) is 2.12. The molecule has 0 spiro atoms. The van der Waals surface area contributed by atoms with Crippen LogP contribution in [0.4, 0.5) is 0 Å². The van der Waals surface area contributed by atoms with E-state index in [2.05, 4.69) is 16.0 Å². The van der Waals surface area contributed by atoms with E-state index in [1.165, 1.54) is 11.1 Å². The molecule has 2 rings (SSSR count). The molecule has 14 heavy (non-hydrogen) atoms. The van der Waals surface area contributed by atoms with Crippen LogP contribution in [0.3, 0.4) is 0 Å². The van der Waals surface area contributed by atoms with E-state index >= 15 is 0 Å². The molecule has 0 aliphatic rings. The molecule has 0 aliphatic carbocycles. The summed E-state index contributed by atoms with van der Waals surface area (Å²) in [6.45, 7) is 2.01. The largest absolute Gasteiger partial charge is 0.265 e.